The highest BCUT2D eigenvalue weighted by atomic mass is 19.1. The van der Waals surface area contributed by atoms with Crippen molar-refractivity contribution in [2.75, 3.05) is 6.61 Å². The maximum absolute atomic E-state index is 13.3. The third kappa shape index (κ3) is 3.78. The first-order chi connectivity index (χ1) is 11.3. The fourth-order valence-electron chi connectivity index (χ4n) is 2.17. The van der Waals surface area contributed by atoms with Crippen LogP contribution in [0.1, 0.15) is 19.6 Å². The average molecular weight is 344 g/mol. The Bertz CT molecular complexity index is 741. The van der Waals surface area contributed by atoms with Gasteiger partial charge in [-0.05, 0) is 6.42 Å². The van der Waals surface area contributed by atoms with Crippen LogP contribution in [-0.4, -0.2) is 50.7 Å². The van der Waals surface area contributed by atoms with Crippen molar-refractivity contribution in [3.05, 3.63) is 45.0 Å². The predicted octanol–water partition coefficient (Wildman–Crippen LogP) is -1.20. The Hall–Kier alpha value is -2.30. The molecule has 1 aromatic rings. The second-order valence-corrected chi connectivity index (χ2v) is 5.13. The second kappa shape index (κ2) is 7.51. The van der Waals surface area contributed by atoms with Crippen molar-refractivity contribution in [1.82, 2.24) is 9.55 Å². The van der Waals surface area contributed by atoms with Crippen LogP contribution in [0.5, 0.6) is 0 Å². The van der Waals surface area contributed by atoms with E-state index in [0.717, 1.165) is 0 Å². The van der Waals surface area contributed by atoms with Crippen molar-refractivity contribution in [1.29, 1.82) is 0 Å². The number of esters is 1. The minimum absolute atomic E-state index is 0.373. The van der Waals surface area contributed by atoms with E-state index in [1.165, 1.54) is 6.08 Å². The van der Waals surface area contributed by atoms with Crippen LogP contribution in [0, 0.1) is 5.82 Å². The molecule has 132 valence electrons. The number of allylic oxidation sites excluding steroid dienone is 1. The number of nitrogens with zero attached hydrogens (tertiary/aromatic N) is 1. The molecule has 3 N–H and O–H groups in total. The zero-order valence-corrected chi connectivity index (χ0v) is 12.7. The van der Waals surface area contributed by atoms with E-state index in [1.807, 2.05) is 6.92 Å². The molecule has 0 aliphatic carbocycles. The van der Waals surface area contributed by atoms with Gasteiger partial charge in [0.25, 0.3) is 5.56 Å². The molecule has 2 heterocycles. The largest absolute Gasteiger partial charge is 0.460 e. The Morgan fingerprint density at radius 3 is 2.83 bits per heavy atom. The Kier molecular flexibility index (Phi) is 5.65. The zero-order chi connectivity index (χ0) is 17.9. The number of hydrogen-bond acceptors (Lipinski definition) is 7. The summed E-state index contributed by atoms with van der Waals surface area (Å²) in [5, 5.41) is 19.9. The summed E-state index contributed by atoms with van der Waals surface area (Å²) >= 11 is 0. The van der Waals surface area contributed by atoms with Gasteiger partial charge in [0.05, 0.1) is 6.20 Å². The van der Waals surface area contributed by atoms with E-state index in [-0.39, 0.29) is 6.61 Å². The molecule has 10 heteroatoms. The minimum atomic E-state index is -1.58. The Morgan fingerprint density at radius 1 is 1.46 bits per heavy atom. The van der Waals surface area contributed by atoms with E-state index in [2.05, 4.69) is 0 Å². The SMILES string of the molecule is CC/C=C/C(=O)OC[C@H]1O[C@@H](n2cc(F)c(=O)[nH]c2=O)[C@H](O)[C@@H]1O. The molecule has 1 fully saturated rings. The third-order valence-electron chi connectivity index (χ3n) is 3.42. The van der Waals surface area contributed by atoms with Crippen LogP contribution in [0.2, 0.25) is 0 Å². The molecule has 1 aromatic heterocycles. The molecule has 24 heavy (non-hydrogen) atoms. The highest BCUT2D eigenvalue weighted by Crippen LogP contribution is 2.28. The summed E-state index contributed by atoms with van der Waals surface area (Å²) in [4.78, 5) is 35.8. The van der Waals surface area contributed by atoms with Crippen LogP contribution >= 0.6 is 0 Å². The van der Waals surface area contributed by atoms with Crippen LogP contribution in [0.3, 0.4) is 0 Å². The fraction of sp³-hybridized carbons (Fsp3) is 0.500. The van der Waals surface area contributed by atoms with Crippen molar-refractivity contribution < 1.29 is 28.9 Å². The Morgan fingerprint density at radius 2 is 2.17 bits per heavy atom. The van der Waals surface area contributed by atoms with Crippen LogP contribution in [0.15, 0.2) is 27.9 Å². The number of H-pyrrole nitrogens is 1. The molecule has 0 radical (unpaired) electrons. The fourth-order valence-corrected chi connectivity index (χ4v) is 2.17. The standard InChI is InChI=1S/C14H17FN2O7/c1-2-3-4-9(18)23-6-8-10(19)11(20)13(24-8)17-5-7(15)12(21)16-14(17)22/h3-5,8,10-11,13,19-20H,2,6H2,1H3,(H,16,21,22)/b4-3+/t8-,10-,11-,13-/m1/s1. The lowest BCUT2D eigenvalue weighted by Crippen LogP contribution is -2.38. The topological polar surface area (TPSA) is 131 Å². The van der Waals surface area contributed by atoms with E-state index in [1.54, 1.807) is 11.1 Å². The number of halogens is 1. The van der Waals surface area contributed by atoms with Crippen LogP contribution in [0.25, 0.3) is 0 Å². The van der Waals surface area contributed by atoms with E-state index in [9.17, 15) is 29.0 Å². The molecular weight excluding hydrogens is 327 g/mol. The number of carbonyl (C=O) groups is 1. The van der Waals surface area contributed by atoms with Crippen molar-refractivity contribution in [3.63, 3.8) is 0 Å². The first-order valence-corrected chi connectivity index (χ1v) is 7.21. The molecule has 9 nitrogen and oxygen atoms in total. The van der Waals surface area contributed by atoms with E-state index in [4.69, 9.17) is 9.47 Å². The number of carbonyl (C=O) groups excluding carboxylic acids is 1. The number of ether oxygens (including phenoxy) is 2. The Labute approximate surface area is 135 Å². The summed E-state index contributed by atoms with van der Waals surface area (Å²) in [7, 11) is 0. The number of aromatic amines is 1. The van der Waals surface area contributed by atoms with Crippen LogP contribution in [0.4, 0.5) is 4.39 Å². The van der Waals surface area contributed by atoms with Gasteiger partial charge in [-0.2, -0.15) is 4.39 Å². The molecule has 0 spiro atoms. The number of aliphatic hydroxyl groups is 2. The maximum Gasteiger partial charge on any atom is 0.330 e. The molecule has 4 atom stereocenters. The number of aliphatic hydroxyl groups excluding tert-OH is 2. The number of nitrogens with one attached hydrogen (secondary N) is 1. The van der Waals surface area contributed by atoms with Gasteiger partial charge < -0.3 is 19.7 Å². The normalized spacial score (nSPS) is 26.8. The van der Waals surface area contributed by atoms with Gasteiger partial charge in [-0.3, -0.25) is 14.3 Å². The zero-order valence-electron chi connectivity index (χ0n) is 12.7. The molecule has 1 saturated heterocycles. The average Bonchev–Trinajstić information content (AvgIpc) is 2.82. The lowest BCUT2D eigenvalue weighted by atomic mass is 10.1. The minimum Gasteiger partial charge on any atom is -0.460 e. The van der Waals surface area contributed by atoms with Gasteiger partial charge in [0.2, 0.25) is 5.82 Å². The summed E-state index contributed by atoms with van der Waals surface area (Å²) in [6.45, 7) is 1.46. The van der Waals surface area contributed by atoms with Crippen molar-refractivity contribution in [3.8, 4) is 0 Å². The molecular formula is C14H17FN2O7. The van der Waals surface area contributed by atoms with Gasteiger partial charge in [0, 0.05) is 6.08 Å². The number of aromatic nitrogens is 2. The van der Waals surface area contributed by atoms with Gasteiger partial charge in [-0.25, -0.2) is 9.59 Å². The summed E-state index contributed by atoms with van der Waals surface area (Å²) < 4.78 is 24.1. The molecule has 0 amide bonds. The smallest absolute Gasteiger partial charge is 0.330 e. The molecule has 0 unspecified atom stereocenters. The maximum atomic E-state index is 13.3. The molecule has 2 rings (SSSR count). The Balaban J connectivity index is 2.11. The molecule has 1 aliphatic rings. The summed E-state index contributed by atoms with van der Waals surface area (Å²) in [6, 6.07) is 0. The highest BCUT2D eigenvalue weighted by molar-refractivity contribution is 5.81. The lowest BCUT2D eigenvalue weighted by molar-refractivity contribution is -0.144. The summed E-state index contributed by atoms with van der Waals surface area (Å²) in [6.07, 6.45) is -1.62. The van der Waals surface area contributed by atoms with Gasteiger partial charge in [0.15, 0.2) is 6.23 Å². The summed E-state index contributed by atoms with van der Waals surface area (Å²) in [5.74, 6) is -1.91. The quantitative estimate of drug-likeness (QED) is 0.452. The third-order valence-corrected chi connectivity index (χ3v) is 3.42. The number of rotatable bonds is 5. The second-order valence-electron chi connectivity index (χ2n) is 5.13. The molecule has 1 aliphatic heterocycles. The van der Waals surface area contributed by atoms with Gasteiger partial charge in [-0.15, -0.1) is 0 Å². The van der Waals surface area contributed by atoms with Crippen LogP contribution < -0.4 is 11.2 Å². The summed E-state index contributed by atoms with van der Waals surface area (Å²) in [5.41, 5.74) is -2.22. The molecule has 0 bridgehead atoms. The predicted molar refractivity (Wildman–Crippen MR) is 77.6 cm³/mol. The van der Waals surface area contributed by atoms with Gasteiger partial charge >= 0.3 is 11.7 Å². The van der Waals surface area contributed by atoms with E-state index < -0.39 is 47.6 Å². The molecule has 0 aromatic carbocycles. The van der Waals surface area contributed by atoms with E-state index >= 15 is 0 Å². The monoisotopic (exact) mass is 344 g/mol. The first-order valence-electron chi connectivity index (χ1n) is 7.21. The van der Waals surface area contributed by atoms with Gasteiger partial charge in [-0.1, -0.05) is 13.0 Å². The molecule has 0 saturated carbocycles. The van der Waals surface area contributed by atoms with Crippen molar-refractivity contribution in [2.24, 2.45) is 0 Å². The van der Waals surface area contributed by atoms with Gasteiger partial charge in [0.1, 0.15) is 24.9 Å². The van der Waals surface area contributed by atoms with Crippen molar-refractivity contribution >= 4 is 5.97 Å². The van der Waals surface area contributed by atoms with Crippen LogP contribution in [-0.2, 0) is 14.3 Å². The van der Waals surface area contributed by atoms with E-state index in [0.29, 0.717) is 17.2 Å². The first kappa shape index (κ1) is 18.0. The number of hydrogen-bond donors (Lipinski definition) is 3. The van der Waals surface area contributed by atoms with Crippen molar-refractivity contribution in [2.45, 2.75) is 37.9 Å². The lowest BCUT2D eigenvalue weighted by Gasteiger charge is -2.16. The highest BCUT2D eigenvalue weighted by Gasteiger charge is 2.44.